The molecule has 2 N–H and O–H groups in total. The highest BCUT2D eigenvalue weighted by atomic mass is 16.5. The Hall–Kier alpha value is -3.66. The molecule has 1 aromatic heterocycles. The van der Waals surface area contributed by atoms with E-state index in [1.165, 1.54) is 4.80 Å². The van der Waals surface area contributed by atoms with Crippen molar-refractivity contribution in [2.75, 3.05) is 5.73 Å². The number of aromatic nitrogens is 3. The van der Waals surface area contributed by atoms with Gasteiger partial charge in [-0.15, -0.1) is 15.0 Å². The first kappa shape index (κ1) is 15.2. The largest absolute Gasteiger partial charge is 0.456 e. The minimum atomic E-state index is -0.654. The molecule has 0 aliphatic carbocycles. The Kier molecular flexibility index (Phi) is 4.21. The summed E-state index contributed by atoms with van der Waals surface area (Å²) >= 11 is 0. The van der Waals surface area contributed by atoms with Crippen LogP contribution in [0, 0.1) is 11.3 Å². The van der Waals surface area contributed by atoms with Crippen molar-refractivity contribution in [2.24, 2.45) is 0 Å². The van der Waals surface area contributed by atoms with Crippen molar-refractivity contribution in [1.29, 1.82) is 5.26 Å². The van der Waals surface area contributed by atoms with Crippen molar-refractivity contribution in [3.8, 4) is 11.8 Å². The topological polar surface area (TPSA) is 107 Å². The second kappa shape index (κ2) is 6.62. The fourth-order valence-corrected chi connectivity index (χ4v) is 2.03. The lowest BCUT2D eigenvalue weighted by molar-refractivity contribution is 0.0466. The van der Waals surface area contributed by atoms with E-state index in [1.807, 2.05) is 24.3 Å². The average Bonchev–Trinajstić information content (AvgIpc) is 3.03. The first-order valence-electron chi connectivity index (χ1n) is 7.12. The number of nitrogens with two attached hydrogens (primary N) is 1. The van der Waals surface area contributed by atoms with E-state index in [2.05, 4.69) is 10.2 Å². The van der Waals surface area contributed by atoms with E-state index < -0.39 is 5.97 Å². The van der Waals surface area contributed by atoms with Crippen LogP contribution in [-0.2, 0) is 11.3 Å². The van der Waals surface area contributed by atoms with Gasteiger partial charge < -0.3 is 10.5 Å². The zero-order valence-electron chi connectivity index (χ0n) is 12.6. The summed E-state index contributed by atoms with van der Waals surface area (Å²) in [5.41, 5.74) is 7.71. The fraction of sp³-hybridized carbons (Fsp3) is 0.0588. The van der Waals surface area contributed by atoms with Gasteiger partial charge >= 0.3 is 5.97 Å². The number of hydrogen-bond acceptors (Lipinski definition) is 6. The third-order valence-electron chi connectivity index (χ3n) is 3.27. The zero-order chi connectivity index (χ0) is 16.9. The van der Waals surface area contributed by atoms with Crippen LogP contribution in [0.15, 0.2) is 54.6 Å². The normalized spacial score (nSPS) is 10.1. The number of nitrogen functional groups attached to an aromatic ring is 1. The standard InChI is InChI=1S/C17H13N5O2/c18-10-12-6-8-13(9-7-12)11-24-17(23)15-16(19)21-22(20-15)14-4-2-1-3-5-14/h1-9H,11H2,(H2,19,21). The van der Waals surface area contributed by atoms with E-state index in [0.717, 1.165) is 5.56 Å². The molecular formula is C17H13N5O2. The molecule has 0 saturated heterocycles. The number of ether oxygens (including phenoxy) is 1. The maximum absolute atomic E-state index is 12.1. The molecule has 7 heteroatoms. The number of rotatable bonds is 4. The van der Waals surface area contributed by atoms with Gasteiger partial charge in [-0.1, -0.05) is 30.3 Å². The lowest BCUT2D eigenvalue weighted by Crippen LogP contribution is -2.09. The smallest absolute Gasteiger partial charge is 0.363 e. The number of carbonyl (C=O) groups excluding carboxylic acids is 1. The summed E-state index contributed by atoms with van der Waals surface area (Å²) in [7, 11) is 0. The first-order chi connectivity index (χ1) is 11.7. The third-order valence-corrected chi connectivity index (χ3v) is 3.27. The SMILES string of the molecule is N#Cc1ccc(COC(=O)c2nn(-c3ccccc3)nc2N)cc1. The Bertz CT molecular complexity index is 895. The first-order valence-corrected chi connectivity index (χ1v) is 7.12. The van der Waals surface area contributed by atoms with Crippen LogP contribution >= 0.6 is 0 Å². The summed E-state index contributed by atoms with van der Waals surface area (Å²) < 4.78 is 5.20. The van der Waals surface area contributed by atoms with Crippen LogP contribution in [0.2, 0.25) is 0 Å². The van der Waals surface area contributed by atoms with E-state index >= 15 is 0 Å². The lowest BCUT2D eigenvalue weighted by atomic mass is 10.2. The molecule has 3 rings (SSSR count). The van der Waals surface area contributed by atoms with Crippen molar-refractivity contribution in [2.45, 2.75) is 6.61 Å². The predicted molar refractivity (Wildman–Crippen MR) is 86.0 cm³/mol. The van der Waals surface area contributed by atoms with E-state index in [1.54, 1.807) is 36.4 Å². The summed E-state index contributed by atoms with van der Waals surface area (Å²) in [4.78, 5) is 13.4. The molecule has 0 atom stereocenters. The molecule has 118 valence electrons. The van der Waals surface area contributed by atoms with Gasteiger partial charge in [0.1, 0.15) is 6.61 Å². The third kappa shape index (κ3) is 3.23. The zero-order valence-corrected chi connectivity index (χ0v) is 12.6. The molecule has 0 aliphatic rings. The monoisotopic (exact) mass is 319 g/mol. The molecule has 0 saturated carbocycles. The average molecular weight is 319 g/mol. The summed E-state index contributed by atoms with van der Waals surface area (Å²) in [5.74, 6) is -0.650. The van der Waals surface area contributed by atoms with Gasteiger partial charge in [0, 0.05) is 0 Å². The van der Waals surface area contributed by atoms with Gasteiger partial charge in [-0.05, 0) is 29.8 Å². The van der Waals surface area contributed by atoms with Gasteiger partial charge in [0.2, 0.25) is 5.69 Å². The number of esters is 1. The minimum Gasteiger partial charge on any atom is -0.456 e. The van der Waals surface area contributed by atoms with Gasteiger partial charge in [-0.2, -0.15) is 5.26 Å². The van der Waals surface area contributed by atoms with E-state index in [4.69, 9.17) is 15.7 Å². The highest BCUT2D eigenvalue weighted by Crippen LogP contribution is 2.13. The van der Waals surface area contributed by atoms with Crippen LogP contribution in [0.3, 0.4) is 0 Å². The van der Waals surface area contributed by atoms with Gasteiger partial charge in [-0.25, -0.2) is 4.79 Å². The lowest BCUT2D eigenvalue weighted by Gasteiger charge is -2.03. The van der Waals surface area contributed by atoms with Crippen molar-refractivity contribution >= 4 is 11.8 Å². The number of para-hydroxylation sites is 1. The van der Waals surface area contributed by atoms with E-state index in [-0.39, 0.29) is 18.1 Å². The van der Waals surface area contributed by atoms with Crippen molar-refractivity contribution in [3.05, 3.63) is 71.4 Å². The molecule has 24 heavy (non-hydrogen) atoms. The van der Waals surface area contributed by atoms with Crippen LogP contribution in [0.25, 0.3) is 5.69 Å². The van der Waals surface area contributed by atoms with Crippen molar-refractivity contribution < 1.29 is 9.53 Å². The summed E-state index contributed by atoms with van der Waals surface area (Å²) in [6.45, 7) is 0.0577. The molecule has 0 radical (unpaired) electrons. The minimum absolute atomic E-state index is 0.00341. The summed E-state index contributed by atoms with van der Waals surface area (Å²) in [6, 6.07) is 17.9. The number of nitriles is 1. The predicted octanol–water partition coefficient (Wildman–Crippen LogP) is 2.08. The molecule has 0 unspecified atom stereocenters. The van der Waals surface area contributed by atoms with Crippen molar-refractivity contribution in [3.63, 3.8) is 0 Å². The number of carbonyl (C=O) groups is 1. The Labute approximate surface area is 137 Å². The highest BCUT2D eigenvalue weighted by molar-refractivity contribution is 5.91. The van der Waals surface area contributed by atoms with Crippen LogP contribution in [-0.4, -0.2) is 21.0 Å². The quantitative estimate of drug-likeness (QED) is 0.738. The van der Waals surface area contributed by atoms with Gasteiger partial charge in [-0.3, -0.25) is 0 Å². The van der Waals surface area contributed by atoms with Crippen LogP contribution in [0.1, 0.15) is 21.6 Å². The Balaban J connectivity index is 1.71. The number of nitrogens with zero attached hydrogens (tertiary/aromatic N) is 4. The Morgan fingerprint density at radius 2 is 1.83 bits per heavy atom. The summed E-state index contributed by atoms with van der Waals surface area (Å²) in [5, 5.41) is 16.9. The molecule has 7 nitrogen and oxygen atoms in total. The molecule has 1 heterocycles. The molecule has 0 spiro atoms. The number of hydrogen-bond donors (Lipinski definition) is 1. The molecule has 3 aromatic rings. The maximum Gasteiger partial charge on any atom is 0.363 e. The van der Waals surface area contributed by atoms with Crippen LogP contribution in [0.4, 0.5) is 5.82 Å². The second-order valence-electron chi connectivity index (χ2n) is 4.94. The van der Waals surface area contributed by atoms with E-state index in [9.17, 15) is 4.79 Å². The molecule has 0 fully saturated rings. The summed E-state index contributed by atoms with van der Waals surface area (Å²) in [6.07, 6.45) is 0. The second-order valence-corrected chi connectivity index (χ2v) is 4.94. The van der Waals surface area contributed by atoms with Crippen LogP contribution in [0.5, 0.6) is 0 Å². The van der Waals surface area contributed by atoms with Gasteiger partial charge in [0.25, 0.3) is 0 Å². The van der Waals surface area contributed by atoms with Gasteiger partial charge in [0.05, 0.1) is 17.3 Å². The number of benzene rings is 2. The molecule has 0 amide bonds. The molecule has 0 bridgehead atoms. The molecular weight excluding hydrogens is 306 g/mol. The fourth-order valence-electron chi connectivity index (χ4n) is 2.03. The number of anilines is 1. The Morgan fingerprint density at radius 1 is 1.12 bits per heavy atom. The Morgan fingerprint density at radius 3 is 2.50 bits per heavy atom. The highest BCUT2D eigenvalue weighted by Gasteiger charge is 2.18. The van der Waals surface area contributed by atoms with Crippen LogP contribution < -0.4 is 5.73 Å². The van der Waals surface area contributed by atoms with Crippen molar-refractivity contribution in [1.82, 2.24) is 15.0 Å². The van der Waals surface area contributed by atoms with E-state index in [0.29, 0.717) is 11.3 Å². The molecule has 2 aromatic carbocycles. The molecule has 0 aliphatic heterocycles. The maximum atomic E-state index is 12.1. The van der Waals surface area contributed by atoms with Gasteiger partial charge in [0.15, 0.2) is 5.82 Å².